The SMILES string of the molecule is CCCC(C)NC(=O)CNC1(C)CCCC1. The van der Waals surface area contributed by atoms with Crippen molar-refractivity contribution in [1.29, 1.82) is 0 Å². The summed E-state index contributed by atoms with van der Waals surface area (Å²) < 4.78 is 0. The molecule has 1 unspecified atom stereocenters. The second kappa shape index (κ2) is 6.24. The second-order valence-electron chi connectivity index (χ2n) is 5.38. The molecule has 2 N–H and O–H groups in total. The van der Waals surface area contributed by atoms with E-state index in [1.54, 1.807) is 0 Å². The Labute approximate surface area is 99.4 Å². The van der Waals surface area contributed by atoms with Gasteiger partial charge >= 0.3 is 0 Å². The zero-order chi connectivity index (χ0) is 12.0. The van der Waals surface area contributed by atoms with Crippen LogP contribution in [0.1, 0.15) is 59.3 Å². The summed E-state index contributed by atoms with van der Waals surface area (Å²) in [6.07, 6.45) is 7.15. The Kier molecular flexibility index (Phi) is 5.26. The molecule has 1 rings (SSSR count). The monoisotopic (exact) mass is 226 g/mol. The van der Waals surface area contributed by atoms with E-state index in [9.17, 15) is 4.79 Å². The molecule has 0 aromatic rings. The van der Waals surface area contributed by atoms with Crippen LogP contribution in [0.15, 0.2) is 0 Å². The summed E-state index contributed by atoms with van der Waals surface area (Å²) in [5.41, 5.74) is 0.200. The summed E-state index contributed by atoms with van der Waals surface area (Å²) in [4.78, 5) is 11.7. The van der Waals surface area contributed by atoms with Gasteiger partial charge in [0.1, 0.15) is 0 Å². The fraction of sp³-hybridized carbons (Fsp3) is 0.923. The third-order valence-corrected chi connectivity index (χ3v) is 3.51. The van der Waals surface area contributed by atoms with Gasteiger partial charge in [-0.2, -0.15) is 0 Å². The molecule has 0 spiro atoms. The third kappa shape index (κ3) is 4.52. The molecule has 1 fully saturated rings. The van der Waals surface area contributed by atoms with Crippen LogP contribution in [0.25, 0.3) is 0 Å². The van der Waals surface area contributed by atoms with E-state index in [1.165, 1.54) is 25.7 Å². The van der Waals surface area contributed by atoms with Gasteiger partial charge in [-0.05, 0) is 33.1 Å². The maximum Gasteiger partial charge on any atom is 0.234 e. The van der Waals surface area contributed by atoms with Crippen molar-refractivity contribution in [2.24, 2.45) is 0 Å². The van der Waals surface area contributed by atoms with Crippen LogP contribution in [0.4, 0.5) is 0 Å². The quantitative estimate of drug-likeness (QED) is 0.729. The Morgan fingerprint density at radius 3 is 2.56 bits per heavy atom. The van der Waals surface area contributed by atoms with E-state index >= 15 is 0 Å². The first-order valence-corrected chi connectivity index (χ1v) is 6.60. The first-order chi connectivity index (χ1) is 7.56. The van der Waals surface area contributed by atoms with Crippen molar-refractivity contribution in [3.05, 3.63) is 0 Å². The van der Waals surface area contributed by atoms with Crippen LogP contribution >= 0.6 is 0 Å². The minimum atomic E-state index is 0.133. The van der Waals surface area contributed by atoms with E-state index in [-0.39, 0.29) is 11.4 Å². The number of amides is 1. The lowest BCUT2D eigenvalue weighted by Crippen LogP contribution is -2.47. The molecule has 0 aromatic carbocycles. The van der Waals surface area contributed by atoms with Gasteiger partial charge in [0.2, 0.25) is 5.91 Å². The van der Waals surface area contributed by atoms with Crippen molar-refractivity contribution < 1.29 is 4.79 Å². The lowest BCUT2D eigenvalue weighted by molar-refractivity contribution is -0.121. The van der Waals surface area contributed by atoms with E-state index in [0.29, 0.717) is 12.6 Å². The van der Waals surface area contributed by atoms with E-state index < -0.39 is 0 Å². The minimum absolute atomic E-state index is 0.133. The Balaban J connectivity index is 2.19. The molecule has 1 saturated carbocycles. The molecule has 0 aliphatic heterocycles. The maximum atomic E-state index is 11.7. The zero-order valence-electron chi connectivity index (χ0n) is 10.9. The van der Waals surface area contributed by atoms with Crippen molar-refractivity contribution >= 4 is 5.91 Å². The van der Waals surface area contributed by atoms with Crippen molar-refractivity contribution in [3.63, 3.8) is 0 Å². The van der Waals surface area contributed by atoms with Crippen molar-refractivity contribution in [3.8, 4) is 0 Å². The molecule has 3 nitrogen and oxygen atoms in total. The number of carbonyl (C=O) groups is 1. The number of hydrogen-bond donors (Lipinski definition) is 2. The average molecular weight is 226 g/mol. The molecule has 1 aliphatic carbocycles. The lowest BCUT2D eigenvalue weighted by atomic mass is 10.0. The molecule has 1 aliphatic rings. The van der Waals surface area contributed by atoms with Gasteiger partial charge in [0.05, 0.1) is 6.54 Å². The Morgan fingerprint density at radius 2 is 2.00 bits per heavy atom. The smallest absolute Gasteiger partial charge is 0.234 e. The highest BCUT2D eigenvalue weighted by Gasteiger charge is 2.28. The van der Waals surface area contributed by atoms with Gasteiger partial charge in [-0.3, -0.25) is 4.79 Å². The van der Waals surface area contributed by atoms with Gasteiger partial charge < -0.3 is 10.6 Å². The maximum absolute atomic E-state index is 11.7. The van der Waals surface area contributed by atoms with E-state index in [2.05, 4.69) is 31.4 Å². The fourth-order valence-corrected chi connectivity index (χ4v) is 2.46. The molecule has 3 heteroatoms. The molecule has 0 aromatic heterocycles. The molecule has 0 heterocycles. The number of hydrogen-bond acceptors (Lipinski definition) is 2. The standard InChI is InChI=1S/C13H26N2O/c1-4-7-11(2)15-12(16)10-14-13(3)8-5-6-9-13/h11,14H,4-10H2,1-3H3,(H,15,16). The summed E-state index contributed by atoms with van der Waals surface area (Å²) in [5, 5.41) is 6.41. The van der Waals surface area contributed by atoms with Gasteiger partial charge in [-0.25, -0.2) is 0 Å². The van der Waals surface area contributed by atoms with Crippen LogP contribution in [0.2, 0.25) is 0 Å². The van der Waals surface area contributed by atoms with E-state index in [4.69, 9.17) is 0 Å². The Hall–Kier alpha value is -0.570. The van der Waals surface area contributed by atoms with E-state index in [0.717, 1.165) is 12.8 Å². The molecular weight excluding hydrogens is 200 g/mol. The summed E-state index contributed by atoms with van der Waals surface area (Å²) in [7, 11) is 0. The van der Waals surface area contributed by atoms with Gasteiger partial charge in [-0.1, -0.05) is 26.2 Å². The van der Waals surface area contributed by atoms with Gasteiger partial charge in [0, 0.05) is 11.6 Å². The normalized spacial score (nSPS) is 20.7. The first-order valence-electron chi connectivity index (χ1n) is 6.60. The van der Waals surface area contributed by atoms with Gasteiger partial charge in [0.15, 0.2) is 0 Å². The van der Waals surface area contributed by atoms with Crippen LogP contribution in [0.3, 0.4) is 0 Å². The van der Waals surface area contributed by atoms with Crippen LogP contribution < -0.4 is 10.6 Å². The fourth-order valence-electron chi connectivity index (χ4n) is 2.46. The van der Waals surface area contributed by atoms with E-state index in [1.807, 2.05) is 0 Å². The summed E-state index contributed by atoms with van der Waals surface area (Å²) in [5.74, 6) is 0.133. The first kappa shape index (κ1) is 13.5. The molecular formula is C13H26N2O. The third-order valence-electron chi connectivity index (χ3n) is 3.51. The average Bonchev–Trinajstić information content (AvgIpc) is 2.63. The molecule has 0 saturated heterocycles. The lowest BCUT2D eigenvalue weighted by Gasteiger charge is -2.25. The summed E-state index contributed by atoms with van der Waals surface area (Å²) >= 11 is 0. The molecule has 16 heavy (non-hydrogen) atoms. The summed E-state index contributed by atoms with van der Waals surface area (Å²) in [6.45, 7) is 6.90. The predicted molar refractivity (Wildman–Crippen MR) is 67.4 cm³/mol. The highest BCUT2D eigenvalue weighted by molar-refractivity contribution is 5.78. The van der Waals surface area contributed by atoms with Crippen molar-refractivity contribution in [1.82, 2.24) is 10.6 Å². The van der Waals surface area contributed by atoms with Crippen LogP contribution in [0, 0.1) is 0 Å². The minimum Gasteiger partial charge on any atom is -0.353 e. The topological polar surface area (TPSA) is 41.1 Å². The molecule has 1 amide bonds. The summed E-state index contributed by atoms with van der Waals surface area (Å²) in [6, 6.07) is 0.302. The van der Waals surface area contributed by atoms with Gasteiger partial charge in [-0.15, -0.1) is 0 Å². The molecule has 0 bridgehead atoms. The second-order valence-corrected chi connectivity index (χ2v) is 5.38. The van der Waals surface area contributed by atoms with Crippen LogP contribution in [-0.2, 0) is 4.79 Å². The predicted octanol–water partition coefficient (Wildman–Crippen LogP) is 2.21. The molecule has 1 atom stereocenters. The van der Waals surface area contributed by atoms with Crippen molar-refractivity contribution in [2.75, 3.05) is 6.54 Å². The highest BCUT2D eigenvalue weighted by Crippen LogP contribution is 2.28. The number of rotatable bonds is 6. The number of nitrogens with one attached hydrogen (secondary N) is 2. The highest BCUT2D eigenvalue weighted by atomic mass is 16.1. The Morgan fingerprint density at radius 1 is 1.38 bits per heavy atom. The van der Waals surface area contributed by atoms with Gasteiger partial charge in [0.25, 0.3) is 0 Å². The van der Waals surface area contributed by atoms with Crippen LogP contribution in [-0.4, -0.2) is 24.0 Å². The van der Waals surface area contributed by atoms with Crippen LogP contribution in [0.5, 0.6) is 0 Å². The largest absolute Gasteiger partial charge is 0.353 e. The zero-order valence-corrected chi connectivity index (χ0v) is 10.9. The van der Waals surface area contributed by atoms with Crippen molar-refractivity contribution in [2.45, 2.75) is 70.9 Å². The molecule has 94 valence electrons. The Bertz CT molecular complexity index is 222. The number of carbonyl (C=O) groups excluding carboxylic acids is 1. The molecule has 0 radical (unpaired) electrons.